The summed E-state index contributed by atoms with van der Waals surface area (Å²) < 4.78 is 0. The number of hydrogen-bond acceptors (Lipinski definition) is 3. The summed E-state index contributed by atoms with van der Waals surface area (Å²) in [6, 6.07) is 5.87. The maximum absolute atomic E-state index is 10.2. The van der Waals surface area contributed by atoms with E-state index in [9.17, 15) is 5.11 Å². The Hall–Kier alpha value is -1.39. The lowest BCUT2D eigenvalue weighted by Gasteiger charge is -2.16. The molecule has 1 aliphatic carbocycles. The summed E-state index contributed by atoms with van der Waals surface area (Å²) in [5, 5.41) is 21.6. The number of β-amino-alcohol motifs (C(OH)–C–C–N with tert-alkyl or cyclic N) is 1. The third-order valence-electron chi connectivity index (χ3n) is 3.60. The van der Waals surface area contributed by atoms with Crippen molar-refractivity contribution >= 4 is 10.9 Å². The van der Waals surface area contributed by atoms with E-state index < -0.39 is 6.10 Å². The van der Waals surface area contributed by atoms with E-state index >= 15 is 0 Å². The number of fused-ring (bicyclic) bond motifs is 1. The van der Waals surface area contributed by atoms with Crippen LogP contribution in [-0.2, 0) is 0 Å². The normalized spacial score (nSPS) is 19.4. The van der Waals surface area contributed by atoms with Crippen LogP contribution in [0.15, 0.2) is 24.4 Å². The second-order valence-electron chi connectivity index (χ2n) is 5.14. The summed E-state index contributed by atoms with van der Waals surface area (Å²) in [6.45, 7) is 2.79. The Morgan fingerprint density at radius 1 is 1.53 bits per heavy atom. The molecule has 0 spiro atoms. The first-order chi connectivity index (χ1) is 8.18. The van der Waals surface area contributed by atoms with Gasteiger partial charge in [0.25, 0.3) is 0 Å². The van der Waals surface area contributed by atoms with Gasteiger partial charge in [-0.3, -0.25) is 5.10 Å². The minimum Gasteiger partial charge on any atom is -0.387 e. The van der Waals surface area contributed by atoms with E-state index in [1.807, 2.05) is 18.2 Å². The first-order valence-electron chi connectivity index (χ1n) is 6.03. The zero-order valence-electron chi connectivity index (χ0n) is 9.90. The van der Waals surface area contributed by atoms with Gasteiger partial charge in [0.2, 0.25) is 0 Å². The van der Waals surface area contributed by atoms with Crippen molar-refractivity contribution in [1.29, 1.82) is 0 Å². The van der Waals surface area contributed by atoms with Crippen molar-refractivity contribution < 1.29 is 5.11 Å². The maximum atomic E-state index is 10.2. The highest BCUT2D eigenvalue weighted by molar-refractivity contribution is 5.81. The van der Waals surface area contributed by atoms with Gasteiger partial charge in [0, 0.05) is 17.5 Å². The molecule has 0 saturated heterocycles. The molecule has 17 heavy (non-hydrogen) atoms. The lowest BCUT2D eigenvalue weighted by Crippen LogP contribution is -2.32. The number of benzene rings is 1. The molecule has 90 valence electrons. The summed E-state index contributed by atoms with van der Waals surface area (Å²) in [5.74, 6) is 0. The van der Waals surface area contributed by atoms with Gasteiger partial charge in [-0.1, -0.05) is 12.1 Å². The average Bonchev–Trinajstić information content (AvgIpc) is 2.89. The molecule has 3 rings (SSSR count). The summed E-state index contributed by atoms with van der Waals surface area (Å²) >= 11 is 0. The third-order valence-corrected chi connectivity index (χ3v) is 3.60. The highest BCUT2D eigenvalue weighted by Gasteiger charge is 2.36. The Balaban J connectivity index is 1.80. The van der Waals surface area contributed by atoms with Gasteiger partial charge >= 0.3 is 0 Å². The fourth-order valence-electron chi connectivity index (χ4n) is 2.10. The summed E-state index contributed by atoms with van der Waals surface area (Å²) in [7, 11) is 0. The maximum Gasteiger partial charge on any atom is 0.0921 e. The molecule has 1 fully saturated rings. The topological polar surface area (TPSA) is 60.9 Å². The smallest absolute Gasteiger partial charge is 0.0921 e. The van der Waals surface area contributed by atoms with Gasteiger partial charge < -0.3 is 10.4 Å². The van der Waals surface area contributed by atoms with Crippen molar-refractivity contribution in [1.82, 2.24) is 15.5 Å². The minimum absolute atomic E-state index is 0.255. The van der Waals surface area contributed by atoms with Crippen LogP contribution in [0.2, 0.25) is 0 Å². The number of nitrogens with zero attached hydrogens (tertiary/aromatic N) is 1. The largest absolute Gasteiger partial charge is 0.387 e. The van der Waals surface area contributed by atoms with Crippen LogP contribution >= 0.6 is 0 Å². The van der Waals surface area contributed by atoms with E-state index in [1.54, 1.807) is 6.20 Å². The van der Waals surface area contributed by atoms with Gasteiger partial charge in [0.15, 0.2) is 0 Å². The van der Waals surface area contributed by atoms with Gasteiger partial charge in [0.1, 0.15) is 0 Å². The number of hydrogen-bond donors (Lipinski definition) is 3. The van der Waals surface area contributed by atoms with Crippen LogP contribution in [0.5, 0.6) is 0 Å². The lowest BCUT2D eigenvalue weighted by molar-refractivity contribution is 0.170. The van der Waals surface area contributed by atoms with E-state index in [0.717, 1.165) is 16.5 Å². The Morgan fingerprint density at radius 2 is 2.35 bits per heavy atom. The molecule has 1 saturated carbocycles. The van der Waals surface area contributed by atoms with Crippen LogP contribution in [0.1, 0.15) is 31.4 Å². The van der Waals surface area contributed by atoms with E-state index in [2.05, 4.69) is 22.4 Å². The number of H-pyrrole nitrogens is 1. The highest BCUT2D eigenvalue weighted by atomic mass is 16.3. The molecule has 1 aromatic heterocycles. The molecule has 1 atom stereocenters. The molecule has 4 heteroatoms. The Morgan fingerprint density at radius 3 is 3.12 bits per heavy atom. The lowest BCUT2D eigenvalue weighted by atomic mass is 10.0. The predicted molar refractivity (Wildman–Crippen MR) is 66.7 cm³/mol. The molecule has 0 aliphatic heterocycles. The Bertz CT molecular complexity index is 530. The van der Waals surface area contributed by atoms with E-state index in [0.29, 0.717) is 6.54 Å². The molecular formula is C13H17N3O. The summed E-state index contributed by atoms with van der Waals surface area (Å²) in [6.07, 6.45) is 3.70. The minimum atomic E-state index is -0.478. The molecule has 4 nitrogen and oxygen atoms in total. The molecule has 0 bridgehead atoms. The second-order valence-corrected chi connectivity index (χ2v) is 5.14. The first kappa shape index (κ1) is 10.7. The molecule has 0 radical (unpaired) electrons. The number of rotatable bonds is 4. The molecule has 0 unspecified atom stereocenters. The van der Waals surface area contributed by atoms with Gasteiger partial charge in [-0.25, -0.2) is 0 Å². The van der Waals surface area contributed by atoms with Crippen molar-refractivity contribution in [2.75, 3.05) is 6.54 Å². The second kappa shape index (κ2) is 3.82. The summed E-state index contributed by atoms with van der Waals surface area (Å²) in [4.78, 5) is 0. The number of aromatic amines is 1. The monoisotopic (exact) mass is 231 g/mol. The number of aromatic nitrogens is 2. The van der Waals surface area contributed by atoms with Gasteiger partial charge in [0.05, 0.1) is 17.8 Å². The quantitative estimate of drug-likeness (QED) is 0.751. The van der Waals surface area contributed by atoms with Gasteiger partial charge in [-0.15, -0.1) is 0 Å². The van der Waals surface area contributed by atoms with Crippen molar-refractivity contribution in [3.63, 3.8) is 0 Å². The third kappa shape index (κ3) is 2.06. The van der Waals surface area contributed by atoms with Crippen LogP contribution in [0, 0.1) is 0 Å². The number of aliphatic hydroxyl groups is 1. The molecule has 3 N–H and O–H groups in total. The predicted octanol–water partition coefficient (Wildman–Crippen LogP) is 1.74. The van der Waals surface area contributed by atoms with E-state index in [-0.39, 0.29) is 5.54 Å². The zero-order valence-corrected chi connectivity index (χ0v) is 9.90. The van der Waals surface area contributed by atoms with Gasteiger partial charge in [-0.05, 0) is 31.4 Å². The number of nitrogens with one attached hydrogen (secondary N) is 2. The molecule has 0 amide bonds. The Labute approximate surface area is 100 Å². The summed E-state index contributed by atoms with van der Waals surface area (Å²) in [5.41, 5.74) is 2.16. The van der Waals surface area contributed by atoms with Crippen molar-refractivity contribution in [2.24, 2.45) is 0 Å². The highest BCUT2D eigenvalue weighted by Crippen LogP contribution is 2.34. The van der Waals surface area contributed by atoms with Crippen LogP contribution in [0.25, 0.3) is 10.9 Å². The first-order valence-corrected chi connectivity index (χ1v) is 6.03. The van der Waals surface area contributed by atoms with Gasteiger partial charge in [-0.2, -0.15) is 5.10 Å². The van der Waals surface area contributed by atoms with Crippen LogP contribution in [-0.4, -0.2) is 27.4 Å². The average molecular weight is 231 g/mol. The fraction of sp³-hybridized carbons (Fsp3) is 0.462. The van der Waals surface area contributed by atoms with Crippen LogP contribution in [0.4, 0.5) is 0 Å². The molecule has 1 heterocycles. The standard InChI is InChI=1S/C13H17N3O/c1-13(5-6-13)14-8-12(17)9-3-2-4-11-10(9)7-15-16-11/h2-4,7,12,14,17H,5-6,8H2,1H3,(H,15,16)/t12-/m0/s1. The molecule has 2 aromatic rings. The van der Waals surface area contributed by atoms with E-state index in [1.165, 1.54) is 12.8 Å². The van der Waals surface area contributed by atoms with E-state index in [4.69, 9.17) is 0 Å². The molecule has 1 aromatic carbocycles. The van der Waals surface area contributed by atoms with Crippen LogP contribution in [0.3, 0.4) is 0 Å². The fourth-order valence-corrected chi connectivity index (χ4v) is 2.10. The zero-order chi connectivity index (χ0) is 11.9. The molecular weight excluding hydrogens is 214 g/mol. The Kier molecular flexibility index (Phi) is 2.42. The van der Waals surface area contributed by atoms with Crippen molar-refractivity contribution in [3.8, 4) is 0 Å². The van der Waals surface area contributed by atoms with Crippen molar-refractivity contribution in [2.45, 2.75) is 31.4 Å². The SMILES string of the molecule is CC1(NC[C@H](O)c2cccc3[nH]ncc23)CC1. The van der Waals surface area contributed by atoms with Crippen molar-refractivity contribution in [3.05, 3.63) is 30.0 Å². The number of aliphatic hydroxyl groups excluding tert-OH is 1. The molecule has 1 aliphatic rings. The van der Waals surface area contributed by atoms with Crippen LogP contribution < -0.4 is 5.32 Å².